The van der Waals surface area contributed by atoms with Crippen LogP contribution in [0.3, 0.4) is 0 Å². The smallest absolute Gasteiger partial charge is 0.164 e. The lowest BCUT2D eigenvalue weighted by molar-refractivity contribution is 0.669. The van der Waals surface area contributed by atoms with Crippen LogP contribution in [0.1, 0.15) is 0 Å². The standard InChI is InChI=1S/C45H27N3O/c1-2-11-29(12-3-1)43-46-44(35-21-19-33-27-42-39(26-36(33)23-35)37-16-8-9-17-41(37)49-42)48-45(47-43)40-25-32-15-7-6-14-31(32)24-38(40)34-20-18-28-10-4-5-13-30(28)22-34/h1-27H. The quantitative estimate of drug-likeness (QED) is 0.195. The molecule has 0 aliphatic carbocycles. The minimum absolute atomic E-state index is 0.625. The van der Waals surface area contributed by atoms with Crippen LogP contribution < -0.4 is 0 Å². The highest BCUT2D eigenvalue weighted by Crippen LogP contribution is 2.38. The zero-order chi connectivity index (χ0) is 32.3. The number of nitrogens with zero attached hydrogens (tertiary/aromatic N) is 3. The van der Waals surface area contributed by atoms with E-state index in [1.54, 1.807) is 0 Å². The van der Waals surface area contributed by atoms with Crippen molar-refractivity contribution in [1.82, 2.24) is 15.0 Å². The number of hydrogen-bond donors (Lipinski definition) is 0. The molecule has 0 radical (unpaired) electrons. The van der Waals surface area contributed by atoms with Crippen LogP contribution in [0.5, 0.6) is 0 Å². The third-order valence-corrected chi connectivity index (χ3v) is 9.45. The van der Waals surface area contributed by atoms with Gasteiger partial charge in [-0.15, -0.1) is 0 Å². The van der Waals surface area contributed by atoms with Crippen molar-refractivity contribution in [3.63, 3.8) is 0 Å². The van der Waals surface area contributed by atoms with E-state index in [-0.39, 0.29) is 0 Å². The molecule has 0 spiro atoms. The van der Waals surface area contributed by atoms with Gasteiger partial charge in [0.1, 0.15) is 11.2 Å². The molecule has 0 N–H and O–H groups in total. The minimum Gasteiger partial charge on any atom is -0.456 e. The van der Waals surface area contributed by atoms with Gasteiger partial charge in [-0.25, -0.2) is 15.0 Å². The molecule has 10 aromatic rings. The second-order valence-electron chi connectivity index (χ2n) is 12.5. The molecular weight excluding hydrogens is 599 g/mol. The van der Waals surface area contributed by atoms with Crippen LogP contribution in [0.15, 0.2) is 168 Å². The van der Waals surface area contributed by atoms with Gasteiger partial charge in [0.25, 0.3) is 0 Å². The summed E-state index contributed by atoms with van der Waals surface area (Å²) < 4.78 is 6.17. The molecule has 2 heterocycles. The molecule has 0 aliphatic rings. The summed E-state index contributed by atoms with van der Waals surface area (Å²) >= 11 is 0. The molecule has 8 aromatic carbocycles. The van der Waals surface area contributed by atoms with Crippen LogP contribution in [0.25, 0.3) is 99.5 Å². The Labute approximate surface area is 282 Å². The second kappa shape index (κ2) is 11.0. The van der Waals surface area contributed by atoms with Crippen LogP contribution >= 0.6 is 0 Å². The molecule has 0 unspecified atom stereocenters. The molecule has 49 heavy (non-hydrogen) atoms. The molecule has 0 amide bonds. The largest absolute Gasteiger partial charge is 0.456 e. The van der Waals surface area contributed by atoms with Crippen molar-refractivity contribution in [3.8, 4) is 45.3 Å². The van der Waals surface area contributed by atoms with Crippen LogP contribution in [-0.4, -0.2) is 15.0 Å². The average Bonchev–Trinajstić information content (AvgIpc) is 3.53. The number of para-hydroxylation sites is 1. The fourth-order valence-electron chi connectivity index (χ4n) is 6.97. The molecule has 0 fully saturated rings. The molecule has 4 heteroatoms. The van der Waals surface area contributed by atoms with Gasteiger partial charge in [-0.05, 0) is 85.9 Å². The summed E-state index contributed by atoms with van der Waals surface area (Å²) in [6, 6.07) is 57.1. The summed E-state index contributed by atoms with van der Waals surface area (Å²) in [7, 11) is 0. The lowest BCUT2D eigenvalue weighted by Gasteiger charge is -2.14. The average molecular weight is 626 g/mol. The van der Waals surface area contributed by atoms with E-state index in [0.29, 0.717) is 17.5 Å². The summed E-state index contributed by atoms with van der Waals surface area (Å²) in [4.78, 5) is 15.4. The molecule has 0 aliphatic heterocycles. The Morgan fingerprint density at radius 1 is 0.306 bits per heavy atom. The predicted molar refractivity (Wildman–Crippen MR) is 201 cm³/mol. The van der Waals surface area contributed by atoms with E-state index in [1.807, 2.05) is 36.4 Å². The molecule has 0 atom stereocenters. The van der Waals surface area contributed by atoms with Gasteiger partial charge in [0.2, 0.25) is 0 Å². The van der Waals surface area contributed by atoms with E-state index in [4.69, 9.17) is 19.4 Å². The Morgan fingerprint density at radius 2 is 0.878 bits per heavy atom. The van der Waals surface area contributed by atoms with Crippen molar-refractivity contribution in [1.29, 1.82) is 0 Å². The normalized spacial score (nSPS) is 11.7. The number of benzene rings is 8. The molecule has 0 saturated carbocycles. The first-order valence-corrected chi connectivity index (χ1v) is 16.4. The number of furan rings is 1. The zero-order valence-corrected chi connectivity index (χ0v) is 26.3. The van der Waals surface area contributed by atoms with E-state index in [1.165, 1.54) is 16.2 Å². The monoisotopic (exact) mass is 625 g/mol. The molecule has 0 bridgehead atoms. The highest BCUT2D eigenvalue weighted by Gasteiger charge is 2.18. The lowest BCUT2D eigenvalue weighted by Crippen LogP contribution is -2.01. The highest BCUT2D eigenvalue weighted by atomic mass is 16.3. The molecule has 10 rings (SSSR count). The van der Waals surface area contributed by atoms with E-state index < -0.39 is 0 Å². The minimum atomic E-state index is 0.625. The Kier molecular flexibility index (Phi) is 6.15. The Bertz CT molecular complexity index is 2890. The number of rotatable bonds is 4. The lowest BCUT2D eigenvalue weighted by atomic mass is 9.93. The van der Waals surface area contributed by atoms with Gasteiger partial charge in [0, 0.05) is 27.5 Å². The van der Waals surface area contributed by atoms with Gasteiger partial charge in [0.15, 0.2) is 17.5 Å². The maximum atomic E-state index is 6.17. The van der Waals surface area contributed by atoms with Crippen LogP contribution in [0, 0.1) is 0 Å². The van der Waals surface area contributed by atoms with Crippen LogP contribution in [-0.2, 0) is 0 Å². The Morgan fingerprint density at radius 3 is 1.69 bits per heavy atom. The Hall–Kier alpha value is -6.65. The Balaban J connectivity index is 1.21. The van der Waals surface area contributed by atoms with Gasteiger partial charge >= 0.3 is 0 Å². The maximum Gasteiger partial charge on any atom is 0.164 e. The number of hydrogen-bond acceptors (Lipinski definition) is 4. The third-order valence-electron chi connectivity index (χ3n) is 9.45. The van der Waals surface area contributed by atoms with Gasteiger partial charge in [-0.2, -0.15) is 0 Å². The summed E-state index contributed by atoms with van der Waals surface area (Å²) in [6.07, 6.45) is 0. The van der Waals surface area contributed by atoms with E-state index >= 15 is 0 Å². The van der Waals surface area contributed by atoms with Crippen molar-refractivity contribution in [3.05, 3.63) is 164 Å². The summed E-state index contributed by atoms with van der Waals surface area (Å²) in [5.41, 5.74) is 6.79. The predicted octanol–water partition coefficient (Wildman–Crippen LogP) is 11.9. The SMILES string of the molecule is c1ccc(-c2nc(-c3ccc4cc5oc6ccccc6c5cc4c3)nc(-c3cc4ccccc4cc3-c3ccc4ccccc4c3)n2)cc1. The van der Waals surface area contributed by atoms with Crippen LogP contribution in [0.4, 0.5) is 0 Å². The highest BCUT2D eigenvalue weighted by molar-refractivity contribution is 6.10. The first-order valence-electron chi connectivity index (χ1n) is 16.4. The van der Waals surface area contributed by atoms with Crippen molar-refractivity contribution >= 4 is 54.3 Å². The van der Waals surface area contributed by atoms with E-state index in [0.717, 1.165) is 65.9 Å². The summed E-state index contributed by atoms with van der Waals surface area (Å²) in [5.74, 6) is 1.89. The van der Waals surface area contributed by atoms with Gasteiger partial charge in [0.05, 0.1) is 0 Å². The number of aromatic nitrogens is 3. The fraction of sp³-hybridized carbons (Fsp3) is 0. The third kappa shape index (κ3) is 4.73. The first-order chi connectivity index (χ1) is 24.2. The van der Waals surface area contributed by atoms with Gasteiger partial charge in [-0.1, -0.05) is 121 Å². The molecule has 2 aromatic heterocycles. The molecular formula is C45H27N3O. The van der Waals surface area contributed by atoms with E-state index in [9.17, 15) is 0 Å². The van der Waals surface area contributed by atoms with Crippen molar-refractivity contribution in [2.45, 2.75) is 0 Å². The van der Waals surface area contributed by atoms with Gasteiger partial charge < -0.3 is 4.42 Å². The first kappa shape index (κ1) is 27.5. The molecule has 4 nitrogen and oxygen atoms in total. The van der Waals surface area contributed by atoms with Crippen LogP contribution in [0.2, 0.25) is 0 Å². The van der Waals surface area contributed by atoms with Crippen molar-refractivity contribution in [2.24, 2.45) is 0 Å². The van der Waals surface area contributed by atoms with Gasteiger partial charge in [-0.3, -0.25) is 0 Å². The van der Waals surface area contributed by atoms with E-state index in [2.05, 4.69) is 127 Å². The van der Waals surface area contributed by atoms with Crippen molar-refractivity contribution in [2.75, 3.05) is 0 Å². The summed E-state index contributed by atoms with van der Waals surface area (Å²) in [6.45, 7) is 0. The van der Waals surface area contributed by atoms with Crippen molar-refractivity contribution < 1.29 is 4.42 Å². The molecule has 0 saturated heterocycles. The summed E-state index contributed by atoms with van der Waals surface area (Å²) in [5, 5.41) is 9.10. The second-order valence-corrected chi connectivity index (χ2v) is 12.5. The number of fused-ring (bicyclic) bond motifs is 6. The molecule has 228 valence electrons. The fourth-order valence-corrected chi connectivity index (χ4v) is 6.97. The maximum absolute atomic E-state index is 6.17. The topological polar surface area (TPSA) is 51.8 Å². The zero-order valence-electron chi connectivity index (χ0n) is 26.3.